The number of aromatic nitrogens is 1. The lowest BCUT2D eigenvalue weighted by atomic mass is 10.3. The van der Waals surface area contributed by atoms with Gasteiger partial charge in [-0.05, 0) is 17.4 Å². The fraction of sp³-hybridized carbons (Fsp3) is 0. The van der Waals surface area contributed by atoms with Crippen LogP contribution in [0.3, 0.4) is 0 Å². The molecule has 0 radical (unpaired) electrons. The zero-order valence-electron chi connectivity index (χ0n) is 12.0. The Labute approximate surface area is 135 Å². The van der Waals surface area contributed by atoms with E-state index in [4.69, 9.17) is 0 Å². The Bertz CT molecular complexity index is 803. The first-order chi connectivity index (χ1) is 11.5. The predicted octanol–water partition coefficient (Wildman–Crippen LogP) is 3.54. The molecule has 1 nitrogen and oxygen atoms in total. The second kappa shape index (κ2) is 6.65. The van der Waals surface area contributed by atoms with Crippen molar-refractivity contribution in [2.75, 3.05) is 0 Å². The summed E-state index contributed by atoms with van der Waals surface area (Å²) in [7, 11) is -2.04. The van der Waals surface area contributed by atoms with Crippen LogP contribution in [-0.2, 0) is 0 Å². The normalized spacial score (nSPS) is 12.2. The van der Waals surface area contributed by atoms with Crippen LogP contribution in [0.2, 0.25) is 0 Å². The fourth-order valence-corrected chi connectivity index (χ4v) is 4.46. The molecule has 1 heterocycles. The van der Waals surface area contributed by atoms with E-state index in [2.05, 4.69) is 4.98 Å². The Morgan fingerprint density at radius 3 is 1.71 bits per heavy atom. The van der Waals surface area contributed by atoms with Gasteiger partial charge in [0.1, 0.15) is 0 Å². The van der Waals surface area contributed by atoms with Gasteiger partial charge in [0, 0.05) is 14.1 Å². The highest BCUT2D eigenvalue weighted by molar-refractivity contribution is 7.79. The maximum atomic E-state index is 14.3. The monoisotopic (exact) mass is 353 g/mol. The number of hydrogen-bond acceptors (Lipinski definition) is 1. The third-order valence-electron chi connectivity index (χ3n) is 3.30. The van der Waals surface area contributed by atoms with Gasteiger partial charge in [0.15, 0.2) is 23.3 Å². The van der Waals surface area contributed by atoms with Crippen LogP contribution in [0.5, 0.6) is 0 Å². The highest BCUT2D eigenvalue weighted by atomic mass is 31.1. The summed E-state index contributed by atoms with van der Waals surface area (Å²) in [6.07, 6.45) is 1.40. The van der Waals surface area contributed by atoms with Crippen LogP contribution < -0.4 is 16.0 Å². The van der Waals surface area contributed by atoms with Crippen molar-refractivity contribution in [2.24, 2.45) is 0 Å². The van der Waals surface area contributed by atoms with Crippen molar-refractivity contribution < 1.29 is 22.0 Å². The number of nitrogens with zero attached hydrogens (tertiary/aromatic N) is 1. The molecular weight excluding hydrogens is 344 g/mol. The molecule has 0 bridgehead atoms. The van der Waals surface area contributed by atoms with Crippen molar-refractivity contribution >= 4 is 24.0 Å². The number of halogens is 5. The van der Waals surface area contributed by atoms with E-state index in [9.17, 15) is 22.0 Å². The van der Waals surface area contributed by atoms with E-state index in [0.29, 0.717) is 5.30 Å². The molecule has 0 N–H and O–H groups in total. The lowest BCUT2D eigenvalue weighted by molar-refractivity contribution is 0.384. The molecule has 3 rings (SSSR count). The van der Waals surface area contributed by atoms with Crippen molar-refractivity contribution in [3.63, 3.8) is 0 Å². The third-order valence-corrected chi connectivity index (χ3v) is 5.68. The van der Waals surface area contributed by atoms with Gasteiger partial charge in [0.2, 0.25) is 5.82 Å². The summed E-state index contributed by atoms with van der Waals surface area (Å²) >= 11 is 0. The van der Waals surface area contributed by atoms with Gasteiger partial charge >= 0.3 is 0 Å². The van der Waals surface area contributed by atoms with Gasteiger partial charge in [-0.3, -0.25) is 4.98 Å². The van der Waals surface area contributed by atoms with Crippen molar-refractivity contribution in [3.05, 3.63) is 83.8 Å². The van der Waals surface area contributed by atoms with Crippen molar-refractivity contribution in [3.8, 4) is 0 Å². The molecule has 0 spiro atoms. The molecule has 2 aromatic carbocycles. The molecule has 1 aromatic heterocycles. The highest BCUT2D eigenvalue weighted by Crippen LogP contribution is 2.35. The largest absolute Gasteiger partial charge is 0.256 e. The molecule has 1 unspecified atom stereocenters. The minimum atomic E-state index is -2.17. The molecule has 7 heteroatoms. The third kappa shape index (κ3) is 2.78. The Balaban J connectivity index is 2.33. The second-order valence-electron chi connectivity index (χ2n) is 4.78. The van der Waals surface area contributed by atoms with Crippen LogP contribution in [0.1, 0.15) is 0 Å². The maximum Gasteiger partial charge on any atom is 0.200 e. The fourth-order valence-electron chi connectivity index (χ4n) is 2.23. The van der Waals surface area contributed by atoms with E-state index >= 15 is 0 Å². The van der Waals surface area contributed by atoms with E-state index in [0.717, 1.165) is 0 Å². The second-order valence-corrected chi connectivity index (χ2v) is 6.87. The van der Waals surface area contributed by atoms with E-state index < -0.39 is 42.3 Å². The summed E-state index contributed by atoms with van der Waals surface area (Å²) in [6.45, 7) is 0. The average Bonchev–Trinajstić information content (AvgIpc) is 2.63. The molecule has 0 saturated heterocycles. The van der Waals surface area contributed by atoms with Gasteiger partial charge < -0.3 is 0 Å². The lowest BCUT2D eigenvalue weighted by Crippen LogP contribution is -2.29. The first kappa shape index (κ1) is 16.5. The Hall–Kier alpha value is -2.33. The van der Waals surface area contributed by atoms with Gasteiger partial charge in [-0.15, -0.1) is 0 Å². The van der Waals surface area contributed by atoms with Crippen LogP contribution >= 0.6 is 7.92 Å². The van der Waals surface area contributed by atoms with Crippen molar-refractivity contribution in [1.29, 1.82) is 0 Å². The molecule has 0 fully saturated rings. The number of benzene rings is 2. The van der Waals surface area contributed by atoms with Gasteiger partial charge in [-0.1, -0.05) is 36.4 Å². The predicted molar refractivity (Wildman–Crippen MR) is 82.7 cm³/mol. The number of hydrogen-bond donors (Lipinski definition) is 0. The summed E-state index contributed by atoms with van der Waals surface area (Å²) in [5, 5.41) is -0.430. The SMILES string of the molecule is Fc1c(F)c(F)c(P(c2ccccc2)c2ccccn2)c(F)c1F. The van der Waals surface area contributed by atoms with Gasteiger partial charge in [0.05, 0.1) is 10.7 Å². The molecule has 3 aromatic rings. The van der Waals surface area contributed by atoms with E-state index in [1.54, 1.807) is 42.5 Å². The van der Waals surface area contributed by atoms with Crippen LogP contribution in [0.25, 0.3) is 0 Å². The highest BCUT2D eigenvalue weighted by Gasteiger charge is 2.32. The smallest absolute Gasteiger partial charge is 0.200 e. The summed E-state index contributed by atoms with van der Waals surface area (Å²) in [4.78, 5) is 4.05. The molecule has 0 aliphatic carbocycles. The molecule has 0 aliphatic rings. The first-order valence-corrected chi connectivity index (χ1v) is 8.14. The van der Waals surface area contributed by atoms with Crippen LogP contribution in [0.15, 0.2) is 54.7 Å². The molecular formula is C17H9F5NP. The van der Waals surface area contributed by atoms with E-state index in [1.807, 2.05) is 0 Å². The number of rotatable bonds is 3. The molecule has 0 aliphatic heterocycles. The summed E-state index contributed by atoms with van der Waals surface area (Å²) in [5.41, 5.74) is 0.238. The Morgan fingerprint density at radius 1 is 0.625 bits per heavy atom. The Kier molecular flexibility index (Phi) is 4.58. The molecule has 0 amide bonds. The van der Waals surface area contributed by atoms with Crippen molar-refractivity contribution in [1.82, 2.24) is 4.98 Å². The zero-order valence-corrected chi connectivity index (χ0v) is 12.9. The summed E-state index contributed by atoms with van der Waals surface area (Å²) < 4.78 is 69.2. The minimum Gasteiger partial charge on any atom is -0.256 e. The number of pyridine rings is 1. The zero-order chi connectivity index (χ0) is 17.3. The lowest BCUT2D eigenvalue weighted by Gasteiger charge is -2.20. The maximum absolute atomic E-state index is 14.3. The molecule has 0 saturated carbocycles. The quantitative estimate of drug-likeness (QED) is 0.304. The Morgan fingerprint density at radius 2 is 1.17 bits per heavy atom. The molecule has 24 heavy (non-hydrogen) atoms. The minimum absolute atomic E-state index is 0.238. The summed E-state index contributed by atoms with van der Waals surface area (Å²) in [6, 6.07) is 12.8. The topological polar surface area (TPSA) is 12.9 Å². The summed E-state index contributed by atoms with van der Waals surface area (Å²) in [5.74, 6) is -9.73. The standard InChI is InChI=1S/C17H9F5NP/c18-12-13(19)15(21)17(16(22)14(12)20)24(10-6-2-1-3-7-10)11-8-4-5-9-23-11/h1-9H. The van der Waals surface area contributed by atoms with E-state index in [-0.39, 0.29) is 5.44 Å². The van der Waals surface area contributed by atoms with E-state index in [1.165, 1.54) is 12.3 Å². The van der Waals surface area contributed by atoms with Gasteiger partial charge in [-0.25, -0.2) is 22.0 Å². The van der Waals surface area contributed by atoms with Crippen LogP contribution in [0, 0.1) is 29.1 Å². The molecule has 122 valence electrons. The van der Waals surface area contributed by atoms with Gasteiger partial charge in [-0.2, -0.15) is 0 Å². The average molecular weight is 353 g/mol. The van der Waals surface area contributed by atoms with Crippen LogP contribution in [-0.4, -0.2) is 4.98 Å². The molecule has 1 atom stereocenters. The van der Waals surface area contributed by atoms with Crippen LogP contribution in [0.4, 0.5) is 22.0 Å². The van der Waals surface area contributed by atoms with Crippen molar-refractivity contribution in [2.45, 2.75) is 0 Å². The van der Waals surface area contributed by atoms with Gasteiger partial charge in [0.25, 0.3) is 0 Å². The first-order valence-electron chi connectivity index (χ1n) is 6.80.